The van der Waals surface area contributed by atoms with E-state index in [-0.39, 0.29) is 5.82 Å². The van der Waals surface area contributed by atoms with Crippen molar-refractivity contribution >= 4 is 5.97 Å². The number of halogens is 1. The Balaban J connectivity index is 2.14. The molecule has 6 heteroatoms. The normalized spacial score (nSPS) is 22.0. The van der Waals surface area contributed by atoms with E-state index in [0.29, 0.717) is 38.3 Å². The summed E-state index contributed by atoms with van der Waals surface area (Å²) in [4.78, 5) is 13.9. The van der Waals surface area contributed by atoms with Gasteiger partial charge in [-0.3, -0.25) is 9.69 Å². The summed E-state index contributed by atoms with van der Waals surface area (Å²) in [6.07, 6.45) is 1.92. The van der Waals surface area contributed by atoms with Crippen molar-refractivity contribution in [3.63, 3.8) is 0 Å². The maximum atomic E-state index is 13.5. The van der Waals surface area contributed by atoms with Crippen LogP contribution in [0.1, 0.15) is 24.8 Å². The highest BCUT2D eigenvalue weighted by atomic mass is 19.1. The van der Waals surface area contributed by atoms with Crippen LogP contribution in [0.3, 0.4) is 0 Å². The molecule has 0 spiro atoms. The first-order valence-electron chi connectivity index (χ1n) is 7.78. The molecule has 1 fully saturated rings. The first-order chi connectivity index (χ1) is 11.0. The van der Waals surface area contributed by atoms with Crippen molar-refractivity contribution in [3.05, 3.63) is 29.6 Å². The molecule has 1 N–H and O–H groups in total. The van der Waals surface area contributed by atoms with Crippen LogP contribution in [-0.2, 0) is 16.1 Å². The first-order valence-corrected chi connectivity index (χ1v) is 7.78. The molecule has 0 unspecified atom stereocenters. The van der Waals surface area contributed by atoms with Crippen LogP contribution in [0.25, 0.3) is 0 Å². The molecule has 0 radical (unpaired) electrons. The van der Waals surface area contributed by atoms with Crippen molar-refractivity contribution in [2.45, 2.75) is 25.8 Å². The maximum Gasteiger partial charge on any atom is 0.311 e. The van der Waals surface area contributed by atoms with Gasteiger partial charge in [0.15, 0.2) is 0 Å². The zero-order valence-corrected chi connectivity index (χ0v) is 13.7. The topological polar surface area (TPSA) is 59.0 Å². The number of carboxylic acid groups (broad SMARTS) is 1. The van der Waals surface area contributed by atoms with Crippen LogP contribution in [0.5, 0.6) is 5.75 Å². The van der Waals surface area contributed by atoms with Gasteiger partial charge in [-0.2, -0.15) is 0 Å². The molecule has 1 aliphatic heterocycles. The number of piperidine rings is 1. The molecule has 1 aliphatic rings. The third kappa shape index (κ3) is 4.20. The van der Waals surface area contributed by atoms with Gasteiger partial charge in [-0.05, 0) is 44.0 Å². The van der Waals surface area contributed by atoms with Crippen LogP contribution in [-0.4, -0.2) is 49.9 Å². The lowest BCUT2D eigenvalue weighted by Crippen LogP contribution is -2.48. The molecule has 0 bridgehead atoms. The van der Waals surface area contributed by atoms with Crippen molar-refractivity contribution in [1.82, 2.24) is 4.90 Å². The van der Waals surface area contributed by atoms with Gasteiger partial charge in [-0.15, -0.1) is 0 Å². The monoisotopic (exact) mass is 325 g/mol. The summed E-state index contributed by atoms with van der Waals surface area (Å²) >= 11 is 0. The summed E-state index contributed by atoms with van der Waals surface area (Å²) in [5.74, 6) is -0.484. The number of benzene rings is 1. The molecule has 1 aromatic rings. The van der Waals surface area contributed by atoms with Crippen molar-refractivity contribution in [1.29, 1.82) is 0 Å². The molecule has 5 nitrogen and oxygen atoms in total. The van der Waals surface area contributed by atoms with E-state index in [2.05, 4.69) is 4.90 Å². The second-order valence-corrected chi connectivity index (χ2v) is 6.10. The second kappa shape index (κ2) is 7.75. The number of hydrogen-bond donors (Lipinski definition) is 1. The molecule has 0 amide bonds. The third-order valence-electron chi connectivity index (χ3n) is 4.53. The largest absolute Gasteiger partial charge is 0.496 e. The molecule has 2 rings (SSSR count). The number of rotatable bonds is 7. The number of carboxylic acids is 1. The smallest absolute Gasteiger partial charge is 0.311 e. The third-order valence-corrected chi connectivity index (χ3v) is 4.53. The number of aliphatic carboxylic acids is 1. The van der Waals surface area contributed by atoms with Gasteiger partial charge in [0.2, 0.25) is 0 Å². The number of likely N-dealkylation sites (tertiary alicyclic amines) is 1. The van der Waals surface area contributed by atoms with Gasteiger partial charge < -0.3 is 14.6 Å². The Labute approximate surface area is 136 Å². The average molecular weight is 325 g/mol. The molecule has 1 saturated heterocycles. The SMILES string of the molecule is COCC[C@]1(C(=O)O)CCCN(Cc2cc(F)ccc2OC)C1. The van der Waals surface area contributed by atoms with E-state index in [9.17, 15) is 14.3 Å². The predicted molar refractivity (Wildman–Crippen MR) is 84.0 cm³/mol. The van der Waals surface area contributed by atoms with Crippen LogP contribution >= 0.6 is 0 Å². The summed E-state index contributed by atoms with van der Waals surface area (Å²) in [6.45, 7) is 2.12. The van der Waals surface area contributed by atoms with Gasteiger partial charge in [0.25, 0.3) is 0 Å². The minimum absolute atomic E-state index is 0.318. The van der Waals surface area contributed by atoms with E-state index in [0.717, 1.165) is 18.5 Å². The lowest BCUT2D eigenvalue weighted by Gasteiger charge is -2.40. The fourth-order valence-corrected chi connectivity index (χ4v) is 3.26. The molecule has 1 heterocycles. The van der Waals surface area contributed by atoms with Gasteiger partial charge in [-0.25, -0.2) is 4.39 Å². The molecule has 1 atom stereocenters. The predicted octanol–water partition coefficient (Wildman–Crippen LogP) is 2.54. The van der Waals surface area contributed by atoms with E-state index < -0.39 is 11.4 Å². The molecular weight excluding hydrogens is 301 g/mol. The lowest BCUT2D eigenvalue weighted by atomic mass is 9.77. The van der Waals surface area contributed by atoms with Gasteiger partial charge in [0.05, 0.1) is 12.5 Å². The van der Waals surface area contributed by atoms with Gasteiger partial charge in [0, 0.05) is 32.4 Å². The van der Waals surface area contributed by atoms with E-state index >= 15 is 0 Å². The molecule has 128 valence electrons. The summed E-state index contributed by atoms with van der Waals surface area (Å²) in [5.41, 5.74) is -0.0603. The quantitative estimate of drug-likeness (QED) is 0.835. The van der Waals surface area contributed by atoms with Crippen molar-refractivity contribution in [2.75, 3.05) is 33.9 Å². The number of carbonyl (C=O) groups is 1. The Hall–Kier alpha value is -1.66. The van der Waals surface area contributed by atoms with E-state index in [1.54, 1.807) is 20.3 Å². The summed E-state index contributed by atoms with van der Waals surface area (Å²) in [6, 6.07) is 4.41. The number of hydrogen-bond acceptors (Lipinski definition) is 4. The Morgan fingerprint density at radius 2 is 2.22 bits per heavy atom. The first kappa shape index (κ1) is 17.7. The Morgan fingerprint density at radius 3 is 2.87 bits per heavy atom. The number of ether oxygens (including phenoxy) is 2. The molecule has 23 heavy (non-hydrogen) atoms. The molecule has 1 aromatic carbocycles. The van der Waals surface area contributed by atoms with E-state index in [1.165, 1.54) is 12.1 Å². The molecule has 0 aromatic heterocycles. The van der Waals surface area contributed by atoms with E-state index in [1.807, 2.05) is 0 Å². The van der Waals surface area contributed by atoms with Crippen LogP contribution in [0.15, 0.2) is 18.2 Å². The Morgan fingerprint density at radius 1 is 1.43 bits per heavy atom. The highest BCUT2D eigenvalue weighted by Crippen LogP contribution is 2.35. The molecule has 0 aliphatic carbocycles. The highest BCUT2D eigenvalue weighted by molar-refractivity contribution is 5.75. The van der Waals surface area contributed by atoms with E-state index in [4.69, 9.17) is 9.47 Å². The second-order valence-electron chi connectivity index (χ2n) is 6.10. The van der Waals surface area contributed by atoms with Crippen molar-refractivity contribution < 1.29 is 23.8 Å². The van der Waals surface area contributed by atoms with Gasteiger partial charge in [-0.1, -0.05) is 0 Å². The maximum absolute atomic E-state index is 13.5. The standard InChI is InChI=1S/C17H24FNO4/c1-22-9-7-17(16(20)21)6-3-8-19(12-17)11-13-10-14(18)4-5-15(13)23-2/h4-5,10H,3,6-9,11-12H2,1-2H3,(H,20,21)/t17-/m1/s1. The summed E-state index contributed by atoms with van der Waals surface area (Å²) < 4.78 is 23.9. The zero-order chi connectivity index (χ0) is 16.9. The molecular formula is C17H24FNO4. The fourth-order valence-electron chi connectivity index (χ4n) is 3.26. The lowest BCUT2D eigenvalue weighted by molar-refractivity contribution is -0.154. The summed E-state index contributed by atoms with van der Waals surface area (Å²) in [7, 11) is 3.13. The highest BCUT2D eigenvalue weighted by Gasteiger charge is 2.42. The zero-order valence-electron chi connectivity index (χ0n) is 13.7. The van der Waals surface area contributed by atoms with Crippen LogP contribution in [0, 0.1) is 11.2 Å². The fraction of sp³-hybridized carbons (Fsp3) is 0.588. The Kier molecular flexibility index (Phi) is 5.96. The van der Waals surface area contributed by atoms with Crippen LogP contribution in [0.4, 0.5) is 4.39 Å². The number of methoxy groups -OCH3 is 2. The van der Waals surface area contributed by atoms with Crippen LogP contribution in [0.2, 0.25) is 0 Å². The number of nitrogens with zero attached hydrogens (tertiary/aromatic N) is 1. The van der Waals surface area contributed by atoms with Crippen molar-refractivity contribution in [2.24, 2.45) is 5.41 Å². The minimum atomic E-state index is -0.797. The average Bonchev–Trinajstić information content (AvgIpc) is 2.53. The van der Waals surface area contributed by atoms with Crippen molar-refractivity contribution in [3.8, 4) is 5.75 Å². The Bertz CT molecular complexity index is 551. The minimum Gasteiger partial charge on any atom is -0.496 e. The van der Waals surface area contributed by atoms with Gasteiger partial charge in [0.1, 0.15) is 11.6 Å². The van der Waals surface area contributed by atoms with Gasteiger partial charge >= 0.3 is 5.97 Å². The van der Waals surface area contributed by atoms with Crippen LogP contribution < -0.4 is 4.74 Å². The summed E-state index contributed by atoms with van der Waals surface area (Å²) in [5, 5.41) is 9.68. The molecule has 0 saturated carbocycles.